The van der Waals surface area contributed by atoms with Gasteiger partial charge in [-0.3, -0.25) is 18.7 Å². The molecule has 0 unspecified atom stereocenters. The van der Waals surface area contributed by atoms with Crippen molar-refractivity contribution in [1.29, 1.82) is 0 Å². The third-order valence-corrected chi connectivity index (χ3v) is 4.52. The average Bonchev–Trinajstić information content (AvgIpc) is 3.04. The average molecular weight is 353 g/mol. The molecular weight excluding hydrogens is 342 g/mol. The number of nitro groups is 1. The Kier molecular flexibility index (Phi) is 3.88. The van der Waals surface area contributed by atoms with E-state index < -0.39 is 15.0 Å². The molecule has 0 bridgehead atoms. The molecule has 10 heteroatoms. The number of fused-ring (bicyclic) bond motifs is 1. The zero-order valence-electron chi connectivity index (χ0n) is 11.9. The summed E-state index contributed by atoms with van der Waals surface area (Å²) in [6, 6.07) is 6.32. The second kappa shape index (κ2) is 5.72. The maximum Gasteiger partial charge on any atom is 0.278 e. The van der Waals surface area contributed by atoms with Gasteiger partial charge >= 0.3 is 0 Å². The molecule has 8 nitrogen and oxygen atoms in total. The first-order chi connectivity index (χ1) is 10.8. The second-order valence-electron chi connectivity index (χ2n) is 4.75. The highest BCUT2D eigenvalue weighted by atomic mass is 32.2. The molecule has 0 aliphatic heterocycles. The predicted octanol–water partition coefficient (Wildman–Crippen LogP) is 2.45. The molecular formula is C13H11N3O5S2. The Morgan fingerprint density at radius 1 is 1.39 bits per heavy atom. The number of imidazole rings is 1. The summed E-state index contributed by atoms with van der Waals surface area (Å²) in [6.07, 6.45) is 2.61. The maximum atomic E-state index is 11.1. The third kappa shape index (κ3) is 3.23. The van der Waals surface area contributed by atoms with Gasteiger partial charge in [0.05, 0.1) is 28.1 Å². The summed E-state index contributed by atoms with van der Waals surface area (Å²) in [4.78, 5) is 15.6. The topological polar surface area (TPSA) is 104 Å². The van der Waals surface area contributed by atoms with Crippen LogP contribution in [0, 0.1) is 10.1 Å². The fourth-order valence-corrected chi connectivity index (χ4v) is 3.27. The highest BCUT2D eigenvalue weighted by Gasteiger charge is 2.18. The lowest BCUT2D eigenvalue weighted by molar-refractivity contribution is -0.384. The van der Waals surface area contributed by atoms with Crippen molar-refractivity contribution in [2.24, 2.45) is 0 Å². The van der Waals surface area contributed by atoms with Crippen LogP contribution in [0.3, 0.4) is 0 Å². The number of nitro benzene ring substituents is 1. The molecule has 2 heterocycles. The Labute approximate surface area is 135 Å². The van der Waals surface area contributed by atoms with Gasteiger partial charge in [0.15, 0.2) is 4.96 Å². The summed E-state index contributed by atoms with van der Waals surface area (Å²) in [5, 5.41) is 12.8. The van der Waals surface area contributed by atoms with Crippen molar-refractivity contribution in [3.05, 3.63) is 51.7 Å². The van der Waals surface area contributed by atoms with Gasteiger partial charge in [-0.2, -0.15) is 8.42 Å². The van der Waals surface area contributed by atoms with Crippen LogP contribution in [0.4, 0.5) is 5.69 Å². The number of aromatic nitrogens is 2. The number of nitrogens with zero attached hydrogens (tertiary/aromatic N) is 3. The van der Waals surface area contributed by atoms with Crippen LogP contribution in [-0.4, -0.2) is 29.0 Å². The zero-order valence-corrected chi connectivity index (χ0v) is 13.5. The fourth-order valence-electron chi connectivity index (χ4n) is 2.08. The molecule has 1 aromatic carbocycles. The van der Waals surface area contributed by atoms with Crippen molar-refractivity contribution in [1.82, 2.24) is 9.38 Å². The van der Waals surface area contributed by atoms with Crippen LogP contribution >= 0.6 is 11.3 Å². The van der Waals surface area contributed by atoms with Crippen molar-refractivity contribution >= 4 is 32.1 Å². The molecule has 0 fully saturated rings. The van der Waals surface area contributed by atoms with E-state index in [-0.39, 0.29) is 12.3 Å². The first kappa shape index (κ1) is 15.6. The minimum Gasteiger partial charge on any atom is -0.292 e. The van der Waals surface area contributed by atoms with Crippen LogP contribution in [0.5, 0.6) is 0 Å². The molecule has 0 atom stereocenters. The van der Waals surface area contributed by atoms with E-state index in [4.69, 9.17) is 4.18 Å². The van der Waals surface area contributed by atoms with E-state index in [2.05, 4.69) is 4.98 Å². The molecule has 0 aliphatic rings. The van der Waals surface area contributed by atoms with Gasteiger partial charge in [-0.05, 0) is 6.07 Å². The first-order valence-corrected chi connectivity index (χ1v) is 9.08. The van der Waals surface area contributed by atoms with Crippen LogP contribution in [-0.2, 0) is 20.9 Å². The van der Waals surface area contributed by atoms with Crippen LogP contribution in [0.2, 0.25) is 0 Å². The van der Waals surface area contributed by atoms with Gasteiger partial charge in [0, 0.05) is 17.6 Å². The van der Waals surface area contributed by atoms with E-state index in [9.17, 15) is 18.5 Å². The number of hydrogen-bond acceptors (Lipinski definition) is 7. The van der Waals surface area contributed by atoms with Gasteiger partial charge in [0.1, 0.15) is 6.61 Å². The smallest absolute Gasteiger partial charge is 0.278 e. The van der Waals surface area contributed by atoms with Crippen LogP contribution in [0.15, 0.2) is 35.8 Å². The van der Waals surface area contributed by atoms with Gasteiger partial charge in [-0.1, -0.05) is 12.1 Å². The standard InChI is InChI=1S/C13H11N3O5S2/c1-23(19,20)21-7-9-8-22-13-14-11(6-15(9)13)10-4-2-3-5-12(10)16(17)18/h2-6,8H,7H2,1H3. The SMILES string of the molecule is CS(=O)(=O)OCc1csc2nc(-c3ccccc3[N+](=O)[O-])cn12. The normalized spacial score (nSPS) is 11.9. The van der Waals surface area contributed by atoms with Gasteiger partial charge < -0.3 is 0 Å². The molecule has 23 heavy (non-hydrogen) atoms. The third-order valence-electron chi connectivity index (χ3n) is 3.08. The van der Waals surface area contributed by atoms with Crippen molar-refractivity contribution in [3.8, 4) is 11.3 Å². The monoisotopic (exact) mass is 353 g/mol. The van der Waals surface area contributed by atoms with Crippen LogP contribution in [0.25, 0.3) is 16.2 Å². The highest BCUT2D eigenvalue weighted by molar-refractivity contribution is 7.85. The Balaban J connectivity index is 2.02. The zero-order chi connectivity index (χ0) is 16.6. The Morgan fingerprint density at radius 2 is 2.13 bits per heavy atom. The summed E-state index contributed by atoms with van der Waals surface area (Å²) >= 11 is 1.30. The van der Waals surface area contributed by atoms with E-state index in [1.807, 2.05) is 0 Å². The molecule has 120 valence electrons. The largest absolute Gasteiger partial charge is 0.292 e. The van der Waals surface area contributed by atoms with E-state index in [1.165, 1.54) is 17.4 Å². The fraction of sp³-hybridized carbons (Fsp3) is 0.154. The number of thiazole rings is 1. The predicted molar refractivity (Wildman–Crippen MR) is 84.8 cm³/mol. The second-order valence-corrected chi connectivity index (χ2v) is 7.23. The Hall–Kier alpha value is -2.30. The molecule has 0 radical (unpaired) electrons. The quantitative estimate of drug-likeness (QED) is 0.396. The van der Waals surface area contributed by atoms with E-state index in [1.54, 1.807) is 34.2 Å². The lowest BCUT2D eigenvalue weighted by Crippen LogP contribution is -2.03. The molecule has 0 amide bonds. The summed E-state index contributed by atoms with van der Waals surface area (Å²) < 4.78 is 28.6. The van der Waals surface area contributed by atoms with E-state index in [0.717, 1.165) is 6.26 Å². The van der Waals surface area contributed by atoms with Gasteiger partial charge in [-0.25, -0.2) is 4.98 Å². The van der Waals surface area contributed by atoms with Crippen molar-refractivity contribution < 1.29 is 17.5 Å². The lowest BCUT2D eigenvalue weighted by Gasteiger charge is -2.00. The molecule has 3 rings (SSSR count). The minimum absolute atomic E-state index is 0.0350. The number of benzene rings is 1. The lowest BCUT2D eigenvalue weighted by atomic mass is 10.1. The number of rotatable bonds is 5. The van der Waals surface area contributed by atoms with Crippen molar-refractivity contribution in [2.75, 3.05) is 6.26 Å². The summed E-state index contributed by atoms with van der Waals surface area (Å²) in [5.74, 6) is 0. The van der Waals surface area contributed by atoms with Gasteiger partial charge in [-0.15, -0.1) is 11.3 Å². The molecule has 0 aliphatic carbocycles. The maximum absolute atomic E-state index is 11.1. The van der Waals surface area contributed by atoms with Crippen molar-refractivity contribution in [2.45, 2.75) is 6.61 Å². The summed E-state index contributed by atoms with van der Waals surface area (Å²) in [7, 11) is -3.55. The molecule has 0 saturated heterocycles. The van der Waals surface area contributed by atoms with Crippen LogP contribution < -0.4 is 0 Å². The summed E-state index contributed by atoms with van der Waals surface area (Å²) in [6.45, 7) is -0.120. The number of para-hydroxylation sites is 1. The molecule has 3 aromatic rings. The Morgan fingerprint density at radius 3 is 2.83 bits per heavy atom. The number of hydrogen-bond donors (Lipinski definition) is 0. The minimum atomic E-state index is -3.55. The van der Waals surface area contributed by atoms with E-state index >= 15 is 0 Å². The molecule has 0 saturated carbocycles. The van der Waals surface area contributed by atoms with Crippen LogP contribution in [0.1, 0.15) is 5.69 Å². The molecule has 0 spiro atoms. The Bertz CT molecular complexity index is 990. The highest BCUT2D eigenvalue weighted by Crippen LogP contribution is 2.30. The first-order valence-electron chi connectivity index (χ1n) is 6.39. The van der Waals surface area contributed by atoms with Gasteiger partial charge in [0.2, 0.25) is 0 Å². The molecule has 2 aromatic heterocycles. The molecule has 0 N–H and O–H groups in total. The van der Waals surface area contributed by atoms with E-state index in [0.29, 0.717) is 21.9 Å². The summed E-state index contributed by atoms with van der Waals surface area (Å²) in [5.41, 5.74) is 1.42. The van der Waals surface area contributed by atoms with Gasteiger partial charge in [0.25, 0.3) is 15.8 Å². The van der Waals surface area contributed by atoms with Crippen molar-refractivity contribution in [3.63, 3.8) is 0 Å².